The zero-order chi connectivity index (χ0) is 11.0. The van der Waals surface area contributed by atoms with Gasteiger partial charge in [-0.25, -0.2) is 0 Å². The molecule has 0 unspecified atom stereocenters. The fourth-order valence-electron chi connectivity index (χ4n) is 3.16. The van der Waals surface area contributed by atoms with Crippen molar-refractivity contribution in [3.63, 3.8) is 0 Å². The van der Waals surface area contributed by atoms with Gasteiger partial charge < -0.3 is 10.0 Å². The van der Waals surface area contributed by atoms with Crippen LogP contribution in [0.1, 0.15) is 31.2 Å². The number of anilines is 1. The van der Waals surface area contributed by atoms with E-state index in [1.807, 2.05) is 0 Å². The second kappa shape index (κ2) is 4.10. The van der Waals surface area contributed by atoms with Crippen LogP contribution in [0.3, 0.4) is 0 Å². The van der Waals surface area contributed by atoms with Gasteiger partial charge in [0.1, 0.15) is 0 Å². The van der Waals surface area contributed by atoms with Gasteiger partial charge in [0.25, 0.3) is 0 Å². The lowest BCUT2D eigenvalue weighted by atomic mass is 9.91. The topological polar surface area (TPSA) is 23.5 Å². The lowest BCUT2D eigenvalue weighted by molar-refractivity contribution is 0.105. The van der Waals surface area contributed by atoms with E-state index in [9.17, 15) is 5.11 Å². The van der Waals surface area contributed by atoms with Gasteiger partial charge in [-0.3, -0.25) is 0 Å². The minimum Gasteiger partial charge on any atom is -0.391 e. The average molecular weight is 217 g/mol. The maximum absolute atomic E-state index is 10.1. The Morgan fingerprint density at radius 2 is 1.94 bits per heavy atom. The molecule has 1 saturated carbocycles. The third-order valence-corrected chi connectivity index (χ3v) is 4.02. The first-order valence-corrected chi connectivity index (χ1v) is 6.39. The normalized spacial score (nSPS) is 29.2. The summed E-state index contributed by atoms with van der Waals surface area (Å²) in [6.07, 6.45) is 5.59. The number of fused-ring (bicyclic) bond motifs is 1. The molecule has 0 aromatic heterocycles. The summed E-state index contributed by atoms with van der Waals surface area (Å²) in [7, 11) is 0. The summed E-state index contributed by atoms with van der Waals surface area (Å²) in [4.78, 5) is 2.43. The highest BCUT2D eigenvalue weighted by atomic mass is 16.3. The van der Waals surface area contributed by atoms with Crippen LogP contribution in [0, 0.1) is 0 Å². The lowest BCUT2D eigenvalue weighted by Gasteiger charge is -2.36. The first-order chi connectivity index (χ1) is 7.86. The Bertz CT molecular complexity index is 377. The molecule has 1 aromatic carbocycles. The highest BCUT2D eigenvalue weighted by Gasteiger charge is 2.32. The molecule has 2 heteroatoms. The van der Waals surface area contributed by atoms with E-state index in [-0.39, 0.29) is 6.10 Å². The largest absolute Gasteiger partial charge is 0.391 e. The molecule has 0 saturated heterocycles. The fraction of sp³-hybridized carbons (Fsp3) is 0.571. The van der Waals surface area contributed by atoms with E-state index in [4.69, 9.17) is 0 Å². The average Bonchev–Trinajstić information content (AvgIpc) is 2.74. The van der Waals surface area contributed by atoms with Crippen molar-refractivity contribution in [2.45, 2.75) is 44.2 Å². The Hall–Kier alpha value is -1.02. The van der Waals surface area contributed by atoms with E-state index in [0.29, 0.717) is 6.04 Å². The molecule has 16 heavy (non-hydrogen) atoms. The van der Waals surface area contributed by atoms with Gasteiger partial charge in [0.15, 0.2) is 0 Å². The molecule has 0 radical (unpaired) electrons. The molecular weight excluding hydrogens is 198 g/mol. The van der Waals surface area contributed by atoms with Crippen molar-refractivity contribution >= 4 is 5.69 Å². The van der Waals surface area contributed by atoms with Crippen molar-refractivity contribution in [1.82, 2.24) is 0 Å². The van der Waals surface area contributed by atoms with Gasteiger partial charge in [-0.1, -0.05) is 31.0 Å². The Morgan fingerprint density at radius 3 is 2.81 bits per heavy atom. The van der Waals surface area contributed by atoms with E-state index < -0.39 is 0 Å². The second-order valence-corrected chi connectivity index (χ2v) is 4.99. The van der Waals surface area contributed by atoms with E-state index in [2.05, 4.69) is 29.2 Å². The number of rotatable bonds is 1. The van der Waals surface area contributed by atoms with Crippen molar-refractivity contribution in [3.05, 3.63) is 29.8 Å². The van der Waals surface area contributed by atoms with Crippen LogP contribution in [0.5, 0.6) is 0 Å². The molecule has 1 aliphatic carbocycles. The van der Waals surface area contributed by atoms with Crippen LogP contribution in [0.4, 0.5) is 5.69 Å². The zero-order valence-corrected chi connectivity index (χ0v) is 9.60. The van der Waals surface area contributed by atoms with Crippen LogP contribution in [-0.4, -0.2) is 23.8 Å². The molecule has 2 atom stereocenters. The monoisotopic (exact) mass is 217 g/mol. The number of hydrogen-bond acceptors (Lipinski definition) is 2. The number of hydrogen-bond donors (Lipinski definition) is 1. The summed E-state index contributed by atoms with van der Waals surface area (Å²) in [5.74, 6) is 0. The van der Waals surface area contributed by atoms with E-state index >= 15 is 0 Å². The fourth-order valence-corrected chi connectivity index (χ4v) is 3.16. The summed E-state index contributed by atoms with van der Waals surface area (Å²) in [6, 6.07) is 8.98. The highest BCUT2D eigenvalue weighted by Crippen LogP contribution is 2.34. The molecule has 2 aliphatic rings. The van der Waals surface area contributed by atoms with Crippen LogP contribution < -0.4 is 4.90 Å². The molecule has 1 aliphatic heterocycles. The molecule has 3 rings (SSSR count). The summed E-state index contributed by atoms with van der Waals surface area (Å²) < 4.78 is 0. The molecule has 86 valence electrons. The van der Waals surface area contributed by atoms with Gasteiger partial charge in [0.05, 0.1) is 12.1 Å². The third-order valence-electron chi connectivity index (χ3n) is 4.02. The van der Waals surface area contributed by atoms with Gasteiger partial charge in [-0.15, -0.1) is 0 Å². The quantitative estimate of drug-likeness (QED) is 0.780. The minimum atomic E-state index is -0.125. The Balaban J connectivity index is 1.86. The standard InChI is InChI=1S/C14H19NO/c16-14-8-4-3-7-13(14)15-10-9-11-5-1-2-6-12(11)15/h1-2,5-6,13-14,16H,3-4,7-10H2/t13-,14-/m1/s1. The summed E-state index contributed by atoms with van der Waals surface area (Å²) in [5.41, 5.74) is 2.80. The predicted molar refractivity (Wildman–Crippen MR) is 65.8 cm³/mol. The first-order valence-electron chi connectivity index (χ1n) is 6.39. The van der Waals surface area contributed by atoms with Crippen molar-refractivity contribution in [2.24, 2.45) is 0 Å². The SMILES string of the molecule is O[C@@H]1CCCC[C@H]1N1CCc2ccccc21. The molecule has 1 fully saturated rings. The van der Waals surface area contributed by atoms with Gasteiger partial charge in [0, 0.05) is 12.2 Å². The van der Waals surface area contributed by atoms with Gasteiger partial charge >= 0.3 is 0 Å². The second-order valence-electron chi connectivity index (χ2n) is 4.99. The van der Waals surface area contributed by atoms with Gasteiger partial charge in [-0.05, 0) is 30.9 Å². The maximum atomic E-state index is 10.1. The number of para-hydroxylation sites is 1. The number of aliphatic hydroxyl groups excluding tert-OH is 1. The molecule has 1 aromatic rings. The van der Waals surface area contributed by atoms with E-state index in [1.165, 1.54) is 24.1 Å². The zero-order valence-electron chi connectivity index (χ0n) is 9.60. The van der Waals surface area contributed by atoms with Crippen molar-refractivity contribution in [2.75, 3.05) is 11.4 Å². The van der Waals surface area contributed by atoms with Crippen molar-refractivity contribution in [1.29, 1.82) is 0 Å². The molecule has 1 heterocycles. The van der Waals surface area contributed by atoms with Crippen LogP contribution >= 0.6 is 0 Å². The number of benzene rings is 1. The lowest BCUT2D eigenvalue weighted by Crippen LogP contribution is -2.44. The molecule has 2 nitrogen and oxygen atoms in total. The molecule has 1 N–H and O–H groups in total. The molecular formula is C14H19NO. The molecule has 0 amide bonds. The van der Waals surface area contributed by atoms with Crippen LogP contribution in [0.2, 0.25) is 0 Å². The summed E-state index contributed by atoms with van der Waals surface area (Å²) in [5, 5.41) is 10.1. The van der Waals surface area contributed by atoms with E-state index in [1.54, 1.807) is 0 Å². The predicted octanol–water partition coefficient (Wildman–Crippen LogP) is 2.35. The maximum Gasteiger partial charge on any atom is 0.0743 e. The minimum absolute atomic E-state index is 0.125. The first kappa shape index (κ1) is 10.2. The Morgan fingerprint density at radius 1 is 1.12 bits per heavy atom. The Kier molecular flexibility index (Phi) is 2.60. The van der Waals surface area contributed by atoms with Crippen LogP contribution in [0.25, 0.3) is 0 Å². The summed E-state index contributed by atoms with van der Waals surface area (Å²) >= 11 is 0. The number of aliphatic hydroxyl groups is 1. The number of nitrogens with zero attached hydrogens (tertiary/aromatic N) is 1. The molecule has 0 bridgehead atoms. The smallest absolute Gasteiger partial charge is 0.0743 e. The van der Waals surface area contributed by atoms with Crippen molar-refractivity contribution in [3.8, 4) is 0 Å². The van der Waals surface area contributed by atoms with Gasteiger partial charge in [-0.2, -0.15) is 0 Å². The third kappa shape index (κ3) is 1.61. The van der Waals surface area contributed by atoms with E-state index in [0.717, 1.165) is 25.8 Å². The van der Waals surface area contributed by atoms with Gasteiger partial charge in [0.2, 0.25) is 0 Å². The molecule has 0 spiro atoms. The van der Waals surface area contributed by atoms with Crippen molar-refractivity contribution < 1.29 is 5.11 Å². The Labute approximate surface area is 96.9 Å². The van der Waals surface area contributed by atoms with Crippen LogP contribution in [-0.2, 0) is 6.42 Å². The summed E-state index contributed by atoms with van der Waals surface area (Å²) in [6.45, 7) is 1.08. The highest BCUT2D eigenvalue weighted by molar-refractivity contribution is 5.58. The van der Waals surface area contributed by atoms with Crippen LogP contribution in [0.15, 0.2) is 24.3 Å².